The van der Waals surface area contributed by atoms with E-state index in [1.807, 2.05) is 0 Å². The van der Waals surface area contributed by atoms with Crippen molar-refractivity contribution in [2.24, 2.45) is 11.3 Å². The topological polar surface area (TPSA) is 18.5 Å². The molecule has 1 rings (SSSR count). The average Bonchev–Trinajstić information content (AvgIpc) is 2.27. The summed E-state index contributed by atoms with van der Waals surface area (Å²) in [5.74, 6) is 0.672. The third-order valence-corrected chi connectivity index (χ3v) is 4.21. The van der Waals surface area contributed by atoms with E-state index in [9.17, 15) is 0 Å². The molecule has 2 heteroatoms. The van der Waals surface area contributed by atoms with E-state index in [2.05, 4.69) is 20.4 Å². The molecule has 0 amide bonds. The second-order valence-electron chi connectivity index (χ2n) is 5.88. The third kappa shape index (κ3) is 4.11. The van der Waals surface area contributed by atoms with Crippen LogP contribution in [0.2, 0.25) is 0 Å². The number of hydrogen-bond acceptors (Lipinski definition) is 2. The van der Waals surface area contributed by atoms with E-state index >= 15 is 0 Å². The summed E-state index contributed by atoms with van der Waals surface area (Å²) in [4.78, 5) is 0. The van der Waals surface area contributed by atoms with Gasteiger partial charge in [0.05, 0.1) is 0 Å². The van der Waals surface area contributed by atoms with E-state index in [4.69, 9.17) is 9.47 Å². The van der Waals surface area contributed by atoms with Crippen LogP contribution >= 0.6 is 0 Å². The highest BCUT2D eigenvalue weighted by Gasteiger charge is 2.33. The Balaban J connectivity index is 2.40. The molecule has 0 heterocycles. The number of ether oxygens (including phenoxy) is 2. The molecular weight excluding hydrogens is 212 g/mol. The van der Waals surface area contributed by atoms with Crippen molar-refractivity contribution in [3.05, 3.63) is 12.2 Å². The Morgan fingerprint density at radius 2 is 2.00 bits per heavy atom. The summed E-state index contributed by atoms with van der Waals surface area (Å²) in [6.45, 7) is 9.03. The summed E-state index contributed by atoms with van der Waals surface area (Å²) >= 11 is 0. The van der Waals surface area contributed by atoms with Crippen LogP contribution in [-0.2, 0) is 9.47 Å². The number of methoxy groups -OCH3 is 2. The zero-order valence-electron chi connectivity index (χ0n) is 11.9. The van der Waals surface area contributed by atoms with Crippen LogP contribution in [0, 0.1) is 11.3 Å². The first-order valence-electron chi connectivity index (χ1n) is 6.74. The highest BCUT2D eigenvalue weighted by atomic mass is 16.7. The molecule has 1 fully saturated rings. The Labute approximate surface area is 106 Å². The molecule has 100 valence electrons. The van der Waals surface area contributed by atoms with Gasteiger partial charge in [-0.3, -0.25) is 0 Å². The maximum Gasteiger partial charge on any atom is 0.156 e. The van der Waals surface area contributed by atoms with Gasteiger partial charge in [-0.1, -0.05) is 26.0 Å². The van der Waals surface area contributed by atoms with Gasteiger partial charge >= 0.3 is 0 Å². The zero-order valence-corrected chi connectivity index (χ0v) is 11.9. The SMILES string of the molecule is C=C1CCCC(C)(C)C1CCCC(OC)OC. The second-order valence-corrected chi connectivity index (χ2v) is 5.88. The molecule has 2 nitrogen and oxygen atoms in total. The molecule has 1 saturated carbocycles. The van der Waals surface area contributed by atoms with Gasteiger partial charge in [0.25, 0.3) is 0 Å². The van der Waals surface area contributed by atoms with E-state index in [0.717, 1.165) is 12.8 Å². The number of rotatable bonds is 6. The molecular formula is C15H28O2. The Kier molecular flexibility index (Phi) is 5.68. The van der Waals surface area contributed by atoms with Gasteiger partial charge in [0, 0.05) is 14.2 Å². The van der Waals surface area contributed by atoms with E-state index in [1.54, 1.807) is 14.2 Å². The molecule has 0 radical (unpaired) electrons. The maximum atomic E-state index is 5.22. The third-order valence-electron chi connectivity index (χ3n) is 4.21. The Morgan fingerprint density at radius 1 is 1.35 bits per heavy atom. The summed E-state index contributed by atoms with van der Waals surface area (Å²) in [5, 5.41) is 0. The van der Waals surface area contributed by atoms with Gasteiger partial charge in [-0.25, -0.2) is 0 Å². The predicted octanol–water partition coefficient (Wildman–Crippen LogP) is 4.16. The fourth-order valence-electron chi connectivity index (χ4n) is 3.09. The molecule has 0 aromatic carbocycles. The molecule has 0 bridgehead atoms. The van der Waals surface area contributed by atoms with Crippen LogP contribution in [0.1, 0.15) is 52.4 Å². The Bertz CT molecular complexity index is 241. The summed E-state index contributed by atoms with van der Waals surface area (Å²) < 4.78 is 10.4. The van der Waals surface area contributed by atoms with Gasteiger partial charge in [-0.05, 0) is 49.9 Å². The highest BCUT2D eigenvalue weighted by Crippen LogP contribution is 2.45. The first-order valence-corrected chi connectivity index (χ1v) is 6.74. The lowest BCUT2D eigenvalue weighted by Crippen LogP contribution is -2.29. The second kappa shape index (κ2) is 6.55. The number of allylic oxidation sites excluding steroid dienone is 1. The zero-order chi connectivity index (χ0) is 12.9. The molecule has 0 aromatic heterocycles. The molecule has 17 heavy (non-hydrogen) atoms. The number of hydrogen-bond donors (Lipinski definition) is 0. The van der Waals surface area contributed by atoms with Crippen molar-refractivity contribution in [1.82, 2.24) is 0 Å². The standard InChI is InChI=1S/C15H28O2/c1-12-8-7-11-15(2,3)13(12)9-6-10-14(16-4)17-5/h13-14H,1,6-11H2,2-5H3. The van der Waals surface area contributed by atoms with Gasteiger partial charge < -0.3 is 9.47 Å². The van der Waals surface area contributed by atoms with Crippen LogP contribution in [0.4, 0.5) is 0 Å². The van der Waals surface area contributed by atoms with E-state index in [1.165, 1.54) is 31.3 Å². The van der Waals surface area contributed by atoms with Gasteiger partial charge in [-0.15, -0.1) is 0 Å². The molecule has 1 unspecified atom stereocenters. The molecule has 0 aromatic rings. The first-order chi connectivity index (χ1) is 8.01. The fourth-order valence-corrected chi connectivity index (χ4v) is 3.09. The summed E-state index contributed by atoms with van der Waals surface area (Å²) in [6.07, 6.45) is 7.15. The summed E-state index contributed by atoms with van der Waals surface area (Å²) in [6, 6.07) is 0. The summed E-state index contributed by atoms with van der Waals surface area (Å²) in [5.41, 5.74) is 1.87. The average molecular weight is 240 g/mol. The van der Waals surface area contributed by atoms with E-state index in [0.29, 0.717) is 11.3 Å². The largest absolute Gasteiger partial charge is 0.356 e. The lowest BCUT2D eigenvalue weighted by Gasteiger charge is -2.40. The minimum Gasteiger partial charge on any atom is -0.356 e. The van der Waals surface area contributed by atoms with Crippen LogP contribution in [0.5, 0.6) is 0 Å². The minimum absolute atomic E-state index is 0.0463. The normalized spacial score (nSPS) is 24.3. The predicted molar refractivity (Wildman–Crippen MR) is 71.9 cm³/mol. The van der Waals surface area contributed by atoms with Crippen molar-refractivity contribution >= 4 is 0 Å². The van der Waals surface area contributed by atoms with Gasteiger partial charge in [0.1, 0.15) is 0 Å². The van der Waals surface area contributed by atoms with E-state index in [-0.39, 0.29) is 6.29 Å². The lowest BCUT2D eigenvalue weighted by atomic mass is 9.65. The van der Waals surface area contributed by atoms with Crippen LogP contribution in [0.15, 0.2) is 12.2 Å². The highest BCUT2D eigenvalue weighted by molar-refractivity contribution is 5.09. The molecule has 1 aliphatic carbocycles. The first kappa shape index (κ1) is 14.7. The van der Waals surface area contributed by atoms with Gasteiger partial charge in [0.2, 0.25) is 0 Å². The molecule has 0 N–H and O–H groups in total. The van der Waals surface area contributed by atoms with Crippen molar-refractivity contribution in [2.45, 2.75) is 58.7 Å². The maximum absolute atomic E-state index is 5.22. The molecule has 1 aliphatic rings. The van der Waals surface area contributed by atoms with Crippen molar-refractivity contribution in [2.75, 3.05) is 14.2 Å². The van der Waals surface area contributed by atoms with Crippen LogP contribution in [0.25, 0.3) is 0 Å². The van der Waals surface area contributed by atoms with Crippen LogP contribution < -0.4 is 0 Å². The van der Waals surface area contributed by atoms with Crippen LogP contribution in [0.3, 0.4) is 0 Å². The molecule has 0 saturated heterocycles. The quantitative estimate of drug-likeness (QED) is 0.513. The monoisotopic (exact) mass is 240 g/mol. The Morgan fingerprint density at radius 3 is 2.53 bits per heavy atom. The van der Waals surface area contributed by atoms with E-state index < -0.39 is 0 Å². The van der Waals surface area contributed by atoms with Crippen molar-refractivity contribution in [3.63, 3.8) is 0 Å². The van der Waals surface area contributed by atoms with Gasteiger partial charge in [-0.2, -0.15) is 0 Å². The van der Waals surface area contributed by atoms with Gasteiger partial charge in [0.15, 0.2) is 6.29 Å². The molecule has 0 spiro atoms. The molecule has 0 aliphatic heterocycles. The van der Waals surface area contributed by atoms with Crippen LogP contribution in [-0.4, -0.2) is 20.5 Å². The van der Waals surface area contributed by atoms with Crippen molar-refractivity contribution < 1.29 is 9.47 Å². The smallest absolute Gasteiger partial charge is 0.156 e. The van der Waals surface area contributed by atoms with Crippen molar-refractivity contribution in [3.8, 4) is 0 Å². The lowest BCUT2D eigenvalue weighted by molar-refractivity contribution is -0.107. The summed E-state index contributed by atoms with van der Waals surface area (Å²) in [7, 11) is 3.41. The molecule has 1 atom stereocenters. The minimum atomic E-state index is -0.0463. The van der Waals surface area contributed by atoms with Crippen molar-refractivity contribution in [1.29, 1.82) is 0 Å². The Hall–Kier alpha value is -0.340. The fraction of sp³-hybridized carbons (Fsp3) is 0.867.